The van der Waals surface area contributed by atoms with Gasteiger partial charge < -0.3 is 5.11 Å². The van der Waals surface area contributed by atoms with E-state index >= 15 is 0 Å². The van der Waals surface area contributed by atoms with E-state index in [-0.39, 0.29) is 16.2 Å². The molecule has 1 N–H and O–H groups in total. The van der Waals surface area contributed by atoms with Crippen molar-refractivity contribution in [1.29, 1.82) is 0 Å². The summed E-state index contributed by atoms with van der Waals surface area (Å²) in [7, 11) is -3.67. The van der Waals surface area contributed by atoms with Crippen LogP contribution in [0.3, 0.4) is 0 Å². The number of rotatable bonds is 3. The molecule has 4 rings (SSSR count). The number of sulfonamides is 1. The minimum absolute atomic E-state index is 0.0409. The summed E-state index contributed by atoms with van der Waals surface area (Å²) < 4.78 is 41.4. The topological polar surface area (TPSA) is 70.5 Å². The number of benzene rings is 2. The van der Waals surface area contributed by atoms with Crippen LogP contribution in [-0.2, 0) is 10.0 Å². The lowest BCUT2D eigenvalue weighted by molar-refractivity contribution is 0.475. The van der Waals surface area contributed by atoms with Crippen LogP contribution < -0.4 is 0 Å². The SMILES string of the molecule is Cc1cc(-c2ccc(S(=O)(=O)N3CCCC3)cc2F)nc2cc(O)ccc12. The highest BCUT2D eigenvalue weighted by Gasteiger charge is 2.28. The zero-order chi connectivity index (χ0) is 19.2. The molecule has 0 atom stereocenters. The van der Waals surface area contributed by atoms with E-state index in [9.17, 15) is 17.9 Å². The molecule has 1 aliphatic rings. The summed E-state index contributed by atoms with van der Waals surface area (Å²) >= 11 is 0. The molecule has 2 aromatic carbocycles. The lowest BCUT2D eigenvalue weighted by Crippen LogP contribution is -2.27. The Morgan fingerprint density at radius 2 is 1.81 bits per heavy atom. The molecule has 3 aromatic rings. The van der Waals surface area contributed by atoms with Gasteiger partial charge in [0.05, 0.1) is 16.1 Å². The Bertz CT molecular complexity index is 1140. The van der Waals surface area contributed by atoms with Gasteiger partial charge in [-0.2, -0.15) is 4.31 Å². The molecule has 1 aliphatic heterocycles. The van der Waals surface area contributed by atoms with Gasteiger partial charge in [0.25, 0.3) is 0 Å². The number of fused-ring (bicyclic) bond motifs is 1. The van der Waals surface area contributed by atoms with Gasteiger partial charge in [-0.05, 0) is 61.7 Å². The molecule has 1 saturated heterocycles. The van der Waals surface area contributed by atoms with Crippen molar-refractivity contribution >= 4 is 20.9 Å². The summed E-state index contributed by atoms with van der Waals surface area (Å²) in [5.74, 6) is -0.555. The Morgan fingerprint density at radius 3 is 2.52 bits per heavy atom. The zero-order valence-corrected chi connectivity index (χ0v) is 15.6. The van der Waals surface area contributed by atoms with Gasteiger partial charge >= 0.3 is 0 Å². The van der Waals surface area contributed by atoms with Gasteiger partial charge in [0, 0.05) is 30.1 Å². The number of hydrogen-bond acceptors (Lipinski definition) is 4. The molecule has 0 amide bonds. The summed E-state index contributed by atoms with van der Waals surface area (Å²) in [6.45, 7) is 2.83. The summed E-state index contributed by atoms with van der Waals surface area (Å²) in [6, 6.07) is 10.6. The van der Waals surface area contributed by atoms with Crippen LogP contribution in [-0.4, -0.2) is 35.9 Å². The predicted molar refractivity (Wildman–Crippen MR) is 102 cm³/mol. The summed E-state index contributed by atoms with van der Waals surface area (Å²) in [6.07, 6.45) is 1.65. The number of phenols is 1. The normalized spacial score (nSPS) is 15.5. The second kappa shape index (κ2) is 6.58. The highest BCUT2D eigenvalue weighted by molar-refractivity contribution is 7.89. The van der Waals surface area contributed by atoms with E-state index < -0.39 is 15.8 Å². The largest absolute Gasteiger partial charge is 0.508 e. The number of aromatic hydroxyl groups is 1. The van der Waals surface area contributed by atoms with E-state index in [0.717, 1.165) is 29.9 Å². The van der Waals surface area contributed by atoms with Crippen molar-refractivity contribution in [3.8, 4) is 17.0 Å². The predicted octanol–water partition coefficient (Wildman–Crippen LogP) is 3.84. The maximum atomic E-state index is 14.8. The van der Waals surface area contributed by atoms with Crippen LogP contribution in [0.1, 0.15) is 18.4 Å². The van der Waals surface area contributed by atoms with Crippen molar-refractivity contribution in [2.24, 2.45) is 0 Å². The minimum Gasteiger partial charge on any atom is -0.508 e. The average Bonchev–Trinajstić information content (AvgIpc) is 3.16. The van der Waals surface area contributed by atoms with Crippen LogP contribution in [0.15, 0.2) is 47.4 Å². The van der Waals surface area contributed by atoms with E-state index in [1.165, 1.54) is 22.5 Å². The van der Waals surface area contributed by atoms with Gasteiger partial charge in [-0.15, -0.1) is 0 Å². The van der Waals surface area contributed by atoms with Crippen LogP contribution >= 0.6 is 0 Å². The number of nitrogens with zero attached hydrogens (tertiary/aromatic N) is 2. The standard InChI is InChI=1S/C20H19FN2O3S/c1-13-10-19(22-20-11-14(24)4-6-16(13)20)17-7-5-15(12-18(17)21)27(25,26)23-8-2-3-9-23/h4-7,10-12,24H,2-3,8-9H2,1H3. The van der Waals surface area contributed by atoms with Crippen molar-refractivity contribution in [3.05, 3.63) is 53.8 Å². The van der Waals surface area contributed by atoms with Gasteiger partial charge in [-0.3, -0.25) is 0 Å². The van der Waals surface area contributed by atoms with Gasteiger partial charge in [0.15, 0.2) is 0 Å². The fourth-order valence-corrected chi connectivity index (χ4v) is 5.00. The second-order valence-electron chi connectivity index (χ2n) is 6.78. The lowest BCUT2D eigenvalue weighted by Gasteiger charge is -2.16. The van der Waals surface area contributed by atoms with Crippen molar-refractivity contribution in [2.45, 2.75) is 24.7 Å². The quantitative estimate of drug-likeness (QED) is 0.742. The van der Waals surface area contributed by atoms with Crippen LogP contribution in [0.5, 0.6) is 5.75 Å². The first kappa shape index (κ1) is 17.9. The van der Waals surface area contributed by atoms with Crippen LogP contribution in [0.2, 0.25) is 0 Å². The van der Waals surface area contributed by atoms with E-state index in [1.54, 1.807) is 18.2 Å². The molecule has 5 nitrogen and oxygen atoms in total. The van der Waals surface area contributed by atoms with Gasteiger partial charge in [-0.1, -0.05) is 0 Å². The summed E-state index contributed by atoms with van der Waals surface area (Å²) in [4.78, 5) is 4.40. The maximum Gasteiger partial charge on any atom is 0.243 e. The first-order valence-electron chi connectivity index (χ1n) is 8.77. The molecule has 1 fully saturated rings. The molecule has 140 valence electrons. The molecular weight excluding hydrogens is 367 g/mol. The maximum absolute atomic E-state index is 14.8. The van der Waals surface area contributed by atoms with E-state index in [0.29, 0.717) is 24.3 Å². The lowest BCUT2D eigenvalue weighted by atomic mass is 10.0. The Balaban J connectivity index is 1.78. The fourth-order valence-electron chi connectivity index (χ4n) is 3.47. The number of halogens is 1. The van der Waals surface area contributed by atoms with E-state index in [4.69, 9.17) is 0 Å². The number of aromatic nitrogens is 1. The summed E-state index contributed by atoms with van der Waals surface area (Å²) in [5, 5.41) is 10.5. The third-order valence-electron chi connectivity index (χ3n) is 4.92. The molecule has 0 bridgehead atoms. The van der Waals surface area contributed by atoms with Gasteiger partial charge in [0.2, 0.25) is 10.0 Å². The molecule has 2 heterocycles. The molecule has 0 spiro atoms. The molecule has 0 saturated carbocycles. The second-order valence-corrected chi connectivity index (χ2v) is 8.72. The number of hydrogen-bond donors (Lipinski definition) is 1. The third kappa shape index (κ3) is 3.17. The number of aryl methyl sites for hydroxylation is 1. The van der Waals surface area contributed by atoms with Crippen molar-refractivity contribution < 1.29 is 17.9 Å². The molecule has 7 heteroatoms. The monoisotopic (exact) mass is 386 g/mol. The Morgan fingerprint density at radius 1 is 1.07 bits per heavy atom. The first-order valence-corrected chi connectivity index (χ1v) is 10.2. The van der Waals surface area contributed by atoms with Crippen molar-refractivity contribution in [2.75, 3.05) is 13.1 Å². The van der Waals surface area contributed by atoms with Gasteiger partial charge in [0.1, 0.15) is 11.6 Å². The fraction of sp³-hybridized carbons (Fsp3) is 0.250. The van der Waals surface area contributed by atoms with Gasteiger partial charge in [-0.25, -0.2) is 17.8 Å². The molecular formula is C20H19FN2O3S. The van der Waals surface area contributed by atoms with Crippen molar-refractivity contribution in [3.63, 3.8) is 0 Å². The highest BCUT2D eigenvalue weighted by Crippen LogP contribution is 2.30. The minimum atomic E-state index is -3.67. The van der Waals surface area contributed by atoms with Crippen molar-refractivity contribution in [1.82, 2.24) is 9.29 Å². The van der Waals surface area contributed by atoms with Crippen LogP contribution in [0.25, 0.3) is 22.2 Å². The van der Waals surface area contributed by atoms with Crippen LogP contribution in [0.4, 0.5) is 4.39 Å². The molecule has 0 aliphatic carbocycles. The first-order chi connectivity index (χ1) is 12.9. The van der Waals surface area contributed by atoms with E-state index in [2.05, 4.69) is 4.98 Å². The zero-order valence-electron chi connectivity index (χ0n) is 14.8. The Kier molecular flexibility index (Phi) is 4.36. The Labute approximate surface area is 157 Å². The molecule has 0 unspecified atom stereocenters. The summed E-state index contributed by atoms with van der Waals surface area (Å²) in [5.41, 5.74) is 2.07. The smallest absolute Gasteiger partial charge is 0.243 e. The molecule has 1 aromatic heterocycles. The Hall–Kier alpha value is -2.51. The third-order valence-corrected chi connectivity index (χ3v) is 6.81. The molecule has 27 heavy (non-hydrogen) atoms. The average molecular weight is 386 g/mol. The highest BCUT2D eigenvalue weighted by atomic mass is 32.2. The molecule has 0 radical (unpaired) electrons. The van der Waals surface area contributed by atoms with E-state index in [1.807, 2.05) is 6.92 Å². The number of phenolic OH excluding ortho intramolecular Hbond substituents is 1. The van der Waals surface area contributed by atoms with Crippen LogP contribution in [0, 0.1) is 12.7 Å². The number of pyridine rings is 1.